The van der Waals surface area contributed by atoms with Crippen LogP contribution in [0, 0.1) is 0 Å². The van der Waals surface area contributed by atoms with Gasteiger partial charge in [-0.15, -0.1) is 0 Å². The lowest BCUT2D eigenvalue weighted by atomic mass is 10.0. The summed E-state index contributed by atoms with van der Waals surface area (Å²) in [5, 5.41) is 22.3. The van der Waals surface area contributed by atoms with Gasteiger partial charge in [0.25, 0.3) is 0 Å². The first-order chi connectivity index (χ1) is 12.0. The Morgan fingerprint density at radius 2 is 2.04 bits per heavy atom. The molecule has 0 saturated heterocycles. The van der Waals surface area contributed by atoms with E-state index in [2.05, 4.69) is 5.32 Å². The number of rotatable bonds is 6. The van der Waals surface area contributed by atoms with Gasteiger partial charge in [0.05, 0.1) is 25.7 Å². The van der Waals surface area contributed by atoms with E-state index in [4.69, 9.17) is 16.3 Å². The number of amides is 1. The van der Waals surface area contributed by atoms with E-state index < -0.39 is 6.04 Å². The zero-order valence-corrected chi connectivity index (χ0v) is 14.4. The molecule has 0 aliphatic carbocycles. The Morgan fingerprint density at radius 3 is 2.76 bits per heavy atom. The minimum Gasteiger partial charge on any atom is -0.508 e. The lowest BCUT2D eigenvalue weighted by Gasteiger charge is -2.17. The van der Waals surface area contributed by atoms with Crippen LogP contribution in [0.4, 0.5) is 0 Å². The first-order valence-corrected chi connectivity index (χ1v) is 8.55. The number of phenols is 1. The Kier molecular flexibility index (Phi) is 5.46. The zero-order valence-electron chi connectivity index (χ0n) is 13.7. The third-order valence-corrected chi connectivity index (χ3v) is 4.40. The van der Waals surface area contributed by atoms with Crippen molar-refractivity contribution in [1.82, 2.24) is 5.32 Å². The van der Waals surface area contributed by atoms with Gasteiger partial charge in [-0.05, 0) is 41.8 Å². The quantitative estimate of drug-likeness (QED) is 0.737. The van der Waals surface area contributed by atoms with E-state index in [-0.39, 0.29) is 24.7 Å². The Morgan fingerprint density at radius 1 is 1.28 bits per heavy atom. The number of fused-ring (bicyclic) bond motifs is 1. The van der Waals surface area contributed by atoms with Crippen LogP contribution >= 0.6 is 11.6 Å². The summed E-state index contributed by atoms with van der Waals surface area (Å²) in [4.78, 5) is 12.4. The summed E-state index contributed by atoms with van der Waals surface area (Å²) in [5.74, 6) is 0.736. The van der Waals surface area contributed by atoms with Crippen LogP contribution < -0.4 is 10.1 Å². The number of aliphatic hydroxyl groups excluding tert-OH is 1. The number of hydrogen-bond donors (Lipinski definition) is 3. The van der Waals surface area contributed by atoms with Crippen LogP contribution in [0.1, 0.15) is 16.7 Å². The first kappa shape index (κ1) is 17.6. The van der Waals surface area contributed by atoms with Gasteiger partial charge >= 0.3 is 0 Å². The summed E-state index contributed by atoms with van der Waals surface area (Å²) in [5.41, 5.74) is 2.71. The van der Waals surface area contributed by atoms with Crippen LogP contribution in [-0.2, 0) is 24.1 Å². The fourth-order valence-electron chi connectivity index (χ4n) is 3.01. The van der Waals surface area contributed by atoms with Crippen LogP contribution in [0.3, 0.4) is 0 Å². The van der Waals surface area contributed by atoms with Crippen LogP contribution in [-0.4, -0.2) is 35.4 Å². The molecule has 1 aliphatic rings. The number of aliphatic hydroxyl groups is 1. The number of phenolic OH excluding ortho intramolecular Hbond substituents is 1. The molecule has 3 N–H and O–H groups in total. The molecular weight excluding hydrogens is 342 g/mol. The van der Waals surface area contributed by atoms with E-state index in [1.54, 1.807) is 30.3 Å². The molecule has 1 atom stereocenters. The van der Waals surface area contributed by atoms with Crippen LogP contribution in [0.15, 0.2) is 36.4 Å². The van der Waals surface area contributed by atoms with Gasteiger partial charge in [-0.1, -0.05) is 23.7 Å². The highest BCUT2D eigenvalue weighted by molar-refractivity contribution is 6.30. The minimum absolute atomic E-state index is 0.148. The normalized spacial score (nSPS) is 13.8. The standard InChI is InChI=1S/C19H20ClNO4/c20-15-8-13-5-6-25-19(13)14(9-15)10-18(24)21-16(11-22)7-12-1-3-17(23)4-2-12/h1-4,8-9,16,22-23H,5-7,10-11H2,(H,21,24)/t16-/m0/s1. The van der Waals surface area contributed by atoms with Gasteiger partial charge in [0.15, 0.2) is 0 Å². The molecule has 1 heterocycles. The smallest absolute Gasteiger partial charge is 0.224 e. The number of nitrogens with one attached hydrogen (secondary N) is 1. The monoisotopic (exact) mass is 361 g/mol. The molecule has 2 aromatic carbocycles. The Labute approximate surface area is 151 Å². The maximum atomic E-state index is 12.4. The van der Waals surface area contributed by atoms with E-state index in [0.29, 0.717) is 18.1 Å². The molecule has 3 rings (SSSR count). The molecule has 2 aromatic rings. The molecule has 5 nitrogen and oxygen atoms in total. The minimum atomic E-state index is -0.398. The van der Waals surface area contributed by atoms with E-state index in [1.165, 1.54) is 0 Å². The number of hydrogen-bond acceptors (Lipinski definition) is 4. The summed E-state index contributed by atoms with van der Waals surface area (Å²) >= 11 is 6.12. The van der Waals surface area contributed by atoms with Gasteiger partial charge in [-0.3, -0.25) is 4.79 Å². The Bertz CT molecular complexity index is 761. The molecule has 0 aromatic heterocycles. The molecule has 1 aliphatic heterocycles. The summed E-state index contributed by atoms with van der Waals surface area (Å²) in [6, 6.07) is 9.91. The van der Waals surface area contributed by atoms with Crippen LogP contribution in [0.25, 0.3) is 0 Å². The topological polar surface area (TPSA) is 78.8 Å². The number of aromatic hydroxyl groups is 1. The van der Waals surface area contributed by atoms with Crippen molar-refractivity contribution < 1.29 is 19.7 Å². The molecule has 0 radical (unpaired) electrons. The van der Waals surface area contributed by atoms with Crippen LogP contribution in [0.2, 0.25) is 5.02 Å². The second-order valence-electron chi connectivity index (χ2n) is 6.15. The van der Waals surface area contributed by atoms with Crippen molar-refractivity contribution in [2.45, 2.75) is 25.3 Å². The highest BCUT2D eigenvalue weighted by Crippen LogP contribution is 2.33. The van der Waals surface area contributed by atoms with Crippen molar-refractivity contribution in [3.8, 4) is 11.5 Å². The van der Waals surface area contributed by atoms with Gasteiger partial charge in [0.2, 0.25) is 5.91 Å². The largest absolute Gasteiger partial charge is 0.508 e. The molecule has 1 amide bonds. The Hall–Kier alpha value is -2.24. The molecule has 25 heavy (non-hydrogen) atoms. The number of benzene rings is 2. The van der Waals surface area contributed by atoms with Crippen molar-refractivity contribution >= 4 is 17.5 Å². The third-order valence-electron chi connectivity index (χ3n) is 4.18. The molecule has 0 spiro atoms. The molecule has 0 unspecified atom stereocenters. The van der Waals surface area contributed by atoms with E-state index in [9.17, 15) is 15.0 Å². The third kappa shape index (κ3) is 4.44. The summed E-state index contributed by atoms with van der Waals surface area (Å²) in [6.07, 6.45) is 1.42. The highest BCUT2D eigenvalue weighted by atomic mass is 35.5. The maximum absolute atomic E-state index is 12.4. The van der Waals surface area contributed by atoms with Crippen molar-refractivity contribution in [2.75, 3.05) is 13.2 Å². The molecule has 0 fully saturated rings. The Balaban J connectivity index is 1.64. The first-order valence-electron chi connectivity index (χ1n) is 8.17. The van der Waals surface area contributed by atoms with Gasteiger partial charge < -0.3 is 20.3 Å². The van der Waals surface area contributed by atoms with Gasteiger partial charge in [0.1, 0.15) is 11.5 Å². The van der Waals surface area contributed by atoms with Crippen LogP contribution in [0.5, 0.6) is 11.5 Å². The number of carbonyl (C=O) groups excluding carboxylic acids is 1. The van der Waals surface area contributed by atoms with Gasteiger partial charge in [0, 0.05) is 17.0 Å². The molecule has 0 bridgehead atoms. The van der Waals surface area contributed by atoms with Gasteiger partial charge in [-0.25, -0.2) is 0 Å². The molecular formula is C19H20ClNO4. The lowest BCUT2D eigenvalue weighted by Crippen LogP contribution is -2.39. The van der Waals surface area contributed by atoms with Crippen molar-refractivity contribution in [2.24, 2.45) is 0 Å². The molecule has 132 valence electrons. The number of carbonyl (C=O) groups is 1. The summed E-state index contributed by atoms with van der Waals surface area (Å²) in [7, 11) is 0. The second-order valence-corrected chi connectivity index (χ2v) is 6.58. The van der Waals surface area contributed by atoms with Crippen molar-refractivity contribution in [3.05, 3.63) is 58.1 Å². The number of halogens is 1. The van der Waals surface area contributed by atoms with E-state index in [1.807, 2.05) is 6.07 Å². The van der Waals surface area contributed by atoms with E-state index in [0.717, 1.165) is 28.9 Å². The second kappa shape index (κ2) is 7.76. The predicted octanol–water partition coefficient (Wildman–Crippen LogP) is 2.24. The lowest BCUT2D eigenvalue weighted by molar-refractivity contribution is -0.121. The fourth-order valence-corrected chi connectivity index (χ4v) is 3.27. The highest BCUT2D eigenvalue weighted by Gasteiger charge is 2.20. The van der Waals surface area contributed by atoms with Crippen molar-refractivity contribution in [3.63, 3.8) is 0 Å². The molecule has 0 saturated carbocycles. The fraction of sp³-hybridized carbons (Fsp3) is 0.316. The van der Waals surface area contributed by atoms with Crippen molar-refractivity contribution in [1.29, 1.82) is 0 Å². The predicted molar refractivity (Wildman–Crippen MR) is 95.2 cm³/mol. The zero-order chi connectivity index (χ0) is 17.8. The summed E-state index contributed by atoms with van der Waals surface area (Å²) in [6.45, 7) is 0.432. The van der Waals surface area contributed by atoms with Gasteiger partial charge in [-0.2, -0.15) is 0 Å². The average Bonchev–Trinajstić information content (AvgIpc) is 3.04. The van der Waals surface area contributed by atoms with E-state index >= 15 is 0 Å². The summed E-state index contributed by atoms with van der Waals surface area (Å²) < 4.78 is 5.61. The average molecular weight is 362 g/mol. The molecule has 6 heteroatoms. The number of ether oxygens (including phenoxy) is 1. The SMILES string of the molecule is O=C(Cc1cc(Cl)cc2c1OCC2)N[C@H](CO)Cc1ccc(O)cc1. The maximum Gasteiger partial charge on any atom is 0.224 e.